The third-order valence-corrected chi connectivity index (χ3v) is 3.73. The van der Waals surface area contributed by atoms with Crippen LogP contribution in [0.1, 0.15) is 33.1 Å². The van der Waals surface area contributed by atoms with Gasteiger partial charge in [0.2, 0.25) is 0 Å². The van der Waals surface area contributed by atoms with Gasteiger partial charge in [-0.05, 0) is 40.2 Å². The number of aliphatic hydroxyl groups excluding tert-OH is 1. The summed E-state index contributed by atoms with van der Waals surface area (Å²) in [6.45, 7) is 6.41. The Hall–Kier alpha value is -0.160. The fourth-order valence-electron chi connectivity index (χ4n) is 2.72. The number of hydrogen-bond acceptors (Lipinski definition) is 4. The number of nitrogens with one attached hydrogen (secondary N) is 1. The Kier molecular flexibility index (Phi) is 5.18. The molecule has 0 saturated carbocycles. The Morgan fingerprint density at radius 3 is 2.75 bits per heavy atom. The van der Waals surface area contributed by atoms with Crippen molar-refractivity contribution in [2.75, 3.05) is 26.7 Å². The van der Waals surface area contributed by atoms with Gasteiger partial charge in [-0.2, -0.15) is 0 Å². The minimum atomic E-state index is 0.0725. The molecule has 3 unspecified atom stereocenters. The molecule has 1 heterocycles. The van der Waals surface area contributed by atoms with Crippen molar-refractivity contribution in [3.63, 3.8) is 0 Å². The summed E-state index contributed by atoms with van der Waals surface area (Å²) in [5, 5.41) is 12.5. The van der Waals surface area contributed by atoms with Gasteiger partial charge in [0.15, 0.2) is 0 Å². The Morgan fingerprint density at radius 2 is 2.31 bits per heavy atom. The average molecular weight is 229 g/mol. The molecule has 4 nitrogen and oxygen atoms in total. The van der Waals surface area contributed by atoms with E-state index in [1.54, 1.807) is 0 Å². The molecule has 4 heteroatoms. The van der Waals surface area contributed by atoms with Crippen LogP contribution in [0.2, 0.25) is 0 Å². The Morgan fingerprint density at radius 1 is 1.62 bits per heavy atom. The third-order valence-electron chi connectivity index (χ3n) is 3.73. The van der Waals surface area contributed by atoms with Crippen molar-refractivity contribution in [3.8, 4) is 0 Å². The number of hydrogen-bond donors (Lipinski definition) is 3. The van der Waals surface area contributed by atoms with Crippen LogP contribution >= 0.6 is 0 Å². The molecule has 0 radical (unpaired) electrons. The molecule has 0 amide bonds. The third kappa shape index (κ3) is 3.42. The van der Waals surface area contributed by atoms with E-state index >= 15 is 0 Å². The first-order chi connectivity index (χ1) is 7.53. The van der Waals surface area contributed by atoms with Crippen molar-refractivity contribution >= 4 is 0 Å². The van der Waals surface area contributed by atoms with Crippen LogP contribution in [0.15, 0.2) is 0 Å². The minimum Gasteiger partial charge on any atom is -0.396 e. The molecule has 0 aromatic rings. The Labute approximate surface area is 99.2 Å². The van der Waals surface area contributed by atoms with Gasteiger partial charge in [0, 0.05) is 37.3 Å². The van der Waals surface area contributed by atoms with Crippen molar-refractivity contribution < 1.29 is 5.11 Å². The molecule has 3 atom stereocenters. The molecule has 0 aromatic carbocycles. The Balaban J connectivity index is 2.48. The van der Waals surface area contributed by atoms with Crippen molar-refractivity contribution in [2.24, 2.45) is 5.73 Å². The minimum absolute atomic E-state index is 0.0725. The first-order valence-electron chi connectivity index (χ1n) is 6.32. The molecule has 1 rings (SSSR count). The summed E-state index contributed by atoms with van der Waals surface area (Å²) in [6.07, 6.45) is 2.99. The van der Waals surface area contributed by atoms with Crippen LogP contribution in [0.5, 0.6) is 0 Å². The molecule has 0 spiro atoms. The number of likely N-dealkylation sites (tertiary alicyclic amines) is 1. The van der Waals surface area contributed by atoms with Crippen LogP contribution in [-0.2, 0) is 0 Å². The first kappa shape index (κ1) is 13.9. The summed E-state index contributed by atoms with van der Waals surface area (Å²) >= 11 is 0. The SMILES string of the molecule is CC(CCCO)NC1(CN)CC(C)N(C)C1. The van der Waals surface area contributed by atoms with Gasteiger partial charge in [-0.15, -0.1) is 0 Å². The van der Waals surface area contributed by atoms with Gasteiger partial charge >= 0.3 is 0 Å². The highest BCUT2D eigenvalue weighted by Crippen LogP contribution is 2.25. The lowest BCUT2D eigenvalue weighted by molar-refractivity contribution is 0.251. The Bertz CT molecular complexity index is 200. The fourth-order valence-corrected chi connectivity index (χ4v) is 2.72. The van der Waals surface area contributed by atoms with Crippen molar-refractivity contribution in [3.05, 3.63) is 0 Å². The van der Waals surface area contributed by atoms with Crippen LogP contribution in [0, 0.1) is 0 Å². The van der Waals surface area contributed by atoms with Gasteiger partial charge in [0.1, 0.15) is 0 Å². The quantitative estimate of drug-likeness (QED) is 0.607. The highest BCUT2D eigenvalue weighted by Gasteiger charge is 2.39. The lowest BCUT2D eigenvalue weighted by Gasteiger charge is -2.32. The number of likely N-dealkylation sites (N-methyl/N-ethyl adjacent to an activating group) is 1. The maximum atomic E-state index is 8.82. The van der Waals surface area contributed by atoms with E-state index in [0.29, 0.717) is 18.6 Å². The van der Waals surface area contributed by atoms with E-state index in [-0.39, 0.29) is 12.1 Å². The summed E-state index contributed by atoms with van der Waals surface area (Å²) < 4.78 is 0. The second-order valence-corrected chi connectivity index (χ2v) is 5.36. The summed E-state index contributed by atoms with van der Waals surface area (Å²) in [7, 11) is 2.15. The maximum Gasteiger partial charge on any atom is 0.0449 e. The van der Waals surface area contributed by atoms with Crippen molar-refractivity contribution in [1.29, 1.82) is 0 Å². The van der Waals surface area contributed by atoms with Gasteiger partial charge in [-0.25, -0.2) is 0 Å². The highest BCUT2D eigenvalue weighted by molar-refractivity contribution is 5.01. The highest BCUT2D eigenvalue weighted by atomic mass is 16.2. The molecular formula is C12H27N3O. The van der Waals surface area contributed by atoms with Gasteiger partial charge < -0.3 is 21.1 Å². The van der Waals surface area contributed by atoms with E-state index in [9.17, 15) is 0 Å². The van der Waals surface area contributed by atoms with Crippen molar-refractivity contribution in [1.82, 2.24) is 10.2 Å². The van der Waals surface area contributed by atoms with Gasteiger partial charge in [0.25, 0.3) is 0 Å². The van der Waals surface area contributed by atoms with E-state index in [1.807, 2.05) is 0 Å². The average Bonchev–Trinajstić information content (AvgIpc) is 2.52. The summed E-state index contributed by atoms with van der Waals surface area (Å²) in [5.74, 6) is 0. The predicted molar refractivity (Wildman–Crippen MR) is 67.4 cm³/mol. The maximum absolute atomic E-state index is 8.82. The molecule has 96 valence electrons. The summed E-state index contributed by atoms with van der Waals surface area (Å²) in [4.78, 5) is 2.36. The standard InChI is InChI=1S/C12H27N3O/c1-10(5-4-6-16)14-12(8-13)7-11(2)15(3)9-12/h10-11,14,16H,4-9,13H2,1-3H3. The number of nitrogens with two attached hydrogens (primary N) is 1. The van der Waals surface area contributed by atoms with E-state index < -0.39 is 0 Å². The molecule has 1 fully saturated rings. The first-order valence-corrected chi connectivity index (χ1v) is 6.32. The largest absolute Gasteiger partial charge is 0.396 e. The normalized spacial score (nSPS) is 33.2. The van der Waals surface area contributed by atoms with Crippen molar-refractivity contribution in [2.45, 2.75) is 50.7 Å². The van der Waals surface area contributed by atoms with Crippen LogP contribution in [0.3, 0.4) is 0 Å². The van der Waals surface area contributed by atoms with Crippen LogP contribution in [-0.4, -0.2) is 54.4 Å². The topological polar surface area (TPSA) is 61.5 Å². The molecule has 1 saturated heterocycles. The molecule has 4 N–H and O–H groups in total. The second-order valence-electron chi connectivity index (χ2n) is 5.36. The molecular weight excluding hydrogens is 202 g/mol. The second kappa shape index (κ2) is 5.96. The number of nitrogens with zero attached hydrogens (tertiary/aromatic N) is 1. The van der Waals surface area contributed by atoms with E-state index in [4.69, 9.17) is 10.8 Å². The van der Waals surface area contributed by atoms with Crippen LogP contribution < -0.4 is 11.1 Å². The molecule has 0 aromatic heterocycles. The smallest absolute Gasteiger partial charge is 0.0449 e. The molecule has 1 aliphatic heterocycles. The monoisotopic (exact) mass is 229 g/mol. The van der Waals surface area contributed by atoms with E-state index in [2.05, 4.69) is 31.1 Å². The number of aliphatic hydroxyl groups is 1. The van der Waals surface area contributed by atoms with Gasteiger partial charge in [-0.3, -0.25) is 0 Å². The van der Waals surface area contributed by atoms with E-state index in [0.717, 1.165) is 25.8 Å². The molecule has 16 heavy (non-hydrogen) atoms. The molecule has 0 aliphatic carbocycles. The summed E-state index contributed by atoms with van der Waals surface area (Å²) in [6, 6.07) is 1.02. The van der Waals surface area contributed by atoms with Crippen LogP contribution in [0.4, 0.5) is 0 Å². The number of rotatable bonds is 6. The molecule has 0 bridgehead atoms. The summed E-state index contributed by atoms with van der Waals surface area (Å²) in [5.41, 5.74) is 6.00. The van der Waals surface area contributed by atoms with Gasteiger partial charge in [0.05, 0.1) is 0 Å². The lowest BCUT2D eigenvalue weighted by atomic mass is 9.94. The predicted octanol–water partition coefficient (Wildman–Crippen LogP) is 0.159. The zero-order chi connectivity index (χ0) is 12.2. The lowest BCUT2D eigenvalue weighted by Crippen LogP contribution is -2.56. The zero-order valence-electron chi connectivity index (χ0n) is 10.9. The van der Waals surface area contributed by atoms with E-state index in [1.165, 1.54) is 0 Å². The van der Waals surface area contributed by atoms with Gasteiger partial charge in [-0.1, -0.05) is 0 Å². The molecule has 1 aliphatic rings. The fraction of sp³-hybridized carbons (Fsp3) is 1.00. The van der Waals surface area contributed by atoms with Crippen LogP contribution in [0.25, 0.3) is 0 Å². The zero-order valence-corrected chi connectivity index (χ0v) is 10.9.